The van der Waals surface area contributed by atoms with E-state index in [9.17, 15) is 4.79 Å². The summed E-state index contributed by atoms with van der Waals surface area (Å²) < 4.78 is 0. The van der Waals surface area contributed by atoms with Crippen LogP contribution in [0.1, 0.15) is 40.5 Å². The first-order chi connectivity index (χ1) is 7.47. The number of rotatable bonds is 2. The summed E-state index contributed by atoms with van der Waals surface area (Å²) in [6.45, 7) is 11.7. The summed E-state index contributed by atoms with van der Waals surface area (Å²) in [6.07, 6.45) is 2.38. The second-order valence-electron chi connectivity index (χ2n) is 5.88. The molecule has 0 aromatic rings. The van der Waals surface area contributed by atoms with Gasteiger partial charge in [0.25, 0.3) is 0 Å². The summed E-state index contributed by atoms with van der Waals surface area (Å²) in [6, 6.07) is 0.543. The maximum atomic E-state index is 11.6. The third-order valence-electron chi connectivity index (χ3n) is 4.31. The highest BCUT2D eigenvalue weighted by molar-refractivity contribution is 5.75. The maximum Gasteiger partial charge on any atom is 0.220 e. The molecule has 16 heavy (non-hydrogen) atoms. The highest BCUT2D eigenvalue weighted by atomic mass is 16.2. The van der Waals surface area contributed by atoms with E-state index in [1.165, 1.54) is 12.8 Å². The molecule has 1 spiro atoms. The molecule has 0 bridgehead atoms. The van der Waals surface area contributed by atoms with Crippen molar-refractivity contribution in [2.45, 2.75) is 52.1 Å². The molecule has 3 nitrogen and oxygen atoms in total. The topological polar surface area (TPSA) is 23.6 Å². The minimum absolute atomic E-state index is 0.181. The molecule has 0 saturated carbocycles. The molecule has 2 fully saturated rings. The van der Waals surface area contributed by atoms with Gasteiger partial charge in [-0.25, -0.2) is 0 Å². The fourth-order valence-electron chi connectivity index (χ4n) is 3.51. The Balaban J connectivity index is 2.04. The number of hydrogen-bond donors (Lipinski definition) is 0. The van der Waals surface area contributed by atoms with Crippen LogP contribution in [0.15, 0.2) is 0 Å². The molecule has 3 heteroatoms. The van der Waals surface area contributed by atoms with E-state index in [2.05, 4.69) is 30.6 Å². The predicted octanol–water partition coefficient (Wildman–Crippen LogP) is 1.73. The van der Waals surface area contributed by atoms with Gasteiger partial charge in [0.15, 0.2) is 0 Å². The first-order valence-corrected chi connectivity index (χ1v) is 6.49. The van der Waals surface area contributed by atoms with E-state index >= 15 is 0 Å². The van der Waals surface area contributed by atoms with Gasteiger partial charge in [-0.15, -0.1) is 0 Å². The van der Waals surface area contributed by atoms with Crippen LogP contribution in [-0.2, 0) is 4.79 Å². The molecule has 1 amide bonds. The van der Waals surface area contributed by atoms with Gasteiger partial charge in [-0.3, -0.25) is 9.69 Å². The number of nitrogens with zero attached hydrogens (tertiary/aromatic N) is 2. The quantitative estimate of drug-likeness (QED) is 0.713. The number of likely N-dealkylation sites (tertiary alicyclic amines) is 2. The lowest BCUT2D eigenvalue weighted by Gasteiger charge is -2.59. The van der Waals surface area contributed by atoms with E-state index in [0.717, 1.165) is 19.6 Å². The van der Waals surface area contributed by atoms with Gasteiger partial charge in [0.1, 0.15) is 0 Å². The standard InChI is InChI=1S/C13H24N2O/c1-10(2)8-14-9-13(11(14)3)6-5-7-15(13)12(4)16/h10-11H,5-9H2,1-4H3. The van der Waals surface area contributed by atoms with Crippen molar-refractivity contribution in [1.29, 1.82) is 0 Å². The smallest absolute Gasteiger partial charge is 0.220 e. The Morgan fingerprint density at radius 2 is 2.19 bits per heavy atom. The zero-order valence-corrected chi connectivity index (χ0v) is 11.0. The van der Waals surface area contributed by atoms with Crippen molar-refractivity contribution in [3.63, 3.8) is 0 Å². The van der Waals surface area contributed by atoms with Crippen LogP contribution in [0.2, 0.25) is 0 Å². The van der Waals surface area contributed by atoms with Gasteiger partial charge in [0, 0.05) is 32.6 Å². The van der Waals surface area contributed by atoms with E-state index < -0.39 is 0 Å². The second kappa shape index (κ2) is 4.02. The first-order valence-electron chi connectivity index (χ1n) is 6.49. The van der Waals surface area contributed by atoms with Crippen LogP contribution in [0, 0.1) is 5.92 Å². The number of carbonyl (C=O) groups is 1. The van der Waals surface area contributed by atoms with Gasteiger partial charge >= 0.3 is 0 Å². The third-order valence-corrected chi connectivity index (χ3v) is 4.31. The van der Waals surface area contributed by atoms with Gasteiger partial charge in [0.05, 0.1) is 5.54 Å². The van der Waals surface area contributed by atoms with Crippen LogP contribution in [0.4, 0.5) is 0 Å². The van der Waals surface area contributed by atoms with Crippen molar-refractivity contribution in [1.82, 2.24) is 9.80 Å². The molecular formula is C13H24N2O. The fourth-order valence-corrected chi connectivity index (χ4v) is 3.51. The van der Waals surface area contributed by atoms with Crippen LogP contribution in [0.5, 0.6) is 0 Å². The lowest BCUT2D eigenvalue weighted by atomic mass is 9.78. The largest absolute Gasteiger partial charge is 0.334 e. The maximum absolute atomic E-state index is 11.6. The zero-order chi connectivity index (χ0) is 11.9. The molecular weight excluding hydrogens is 200 g/mol. The third kappa shape index (κ3) is 1.65. The molecule has 0 N–H and O–H groups in total. The highest BCUT2D eigenvalue weighted by Gasteiger charge is 2.56. The molecule has 0 aromatic carbocycles. The average Bonchev–Trinajstić information content (AvgIpc) is 2.62. The van der Waals surface area contributed by atoms with Gasteiger partial charge in [-0.05, 0) is 25.7 Å². The van der Waals surface area contributed by atoms with Crippen molar-refractivity contribution in [2.24, 2.45) is 5.92 Å². The lowest BCUT2D eigenvalue weighted by molar-refractivity contribution is -0.147. The summed E-state index contributed by atoms with van der Waals surface area (Å²) in [5.74, 6) is 0.973. The molecule has 0 aromatic heterocycles. The van der Waals surface area contributed by atoms with Gasteiger partial charge in [-0.2, -0.15) is 0 Å². The molecule has 0 aliphatic carbocycles. The molecule has 2 rings (SSSR count). The van der Waals surface area contributed by atoms with E-state index in [-0.39, 0.29) is 11.4 Å². The Morgan fingerprint density at radius 3 is 2.69 bits per heavy atom. The van der Waals surface area contributed by atoms with Crippen molar-refractivity contribution in [2.75, 3.05) is 19.6 Å². The van der Waals surface area contributed by atoms with Crippen molar-refractivity contribution in [3.8, 4) is 0 Å². The van der Waals surface area contributed by atoms with E-state index in [0.29, 0.717) is 12.0 Å². The summed E-state index contributed by atoms with van der Waals surface area (Å²) in [7, 11) is 0. The second-order valence-corrected chi connectivity index (χ2v) is 5.88. The normalized spacial score (nSPS) is 34.8. The van der Waals surface area contributed by atoms with E-state index in [4.69, 9.17) is 0 Å². The molecule has 2 aliphatic rings. The van der Waals surface area contributed by atoms with Gasteiger partial charge in [-0.1, -0.05) is 13.8 Å². The summed E-state index contributed by atoms with van der Waals surface area (Å²) in [5.41, 5.74) is 0.181. The van der Waals surface area contributed by atoms with Gasteiger partial charge < -0.3 is 4.90 Å². The summed E-state index contributed by atoms with van der Waals surface area (Å²) in [5, 5.41) is 0. The fraction of sp³-hybridized carbons (Fsp3) is 0.923. The molecule has 2 unspecified atom stereocenters. The van der Waals surface area contributed by atoms with E-state index in [1.807, 2.05) is 0 Å². The summed E-state index contributed by atoms with van der Waals surface area (Å²) >= 11 is 0. The van der Waals surface area contributed by atoms with Crippen molar-refractivity contribution in [3.05, 3.63) is 0 Å². The average molecular weight is 224 g/mol. The zero-order valence-electron chi connectivity index (χ0n) is 11.0. The molecule has 0 radical (unpaired) electrons. The highest BCUT2D eigenvalue weighted by Crippen LogP contribution is 2.43. The Morgan fingerprint density at radius 1 is 1.50 bits per heavy atom. The number of amides is 1. The monoisotopic (exact) mass is 224 g/mol. The first kappa shape index (κ1) is 11.9. The minimum atomic E-state index is 0.181. The van der Waals surface area contributed by atoms with Gasteiger partial charge in [0.2, 0.25) is 5.91 Å². The SMILES string of the molecule is CC(=O)N1CCCC12CN(CC(C)C)C2C. The Hall–Kier alpha value is -0.570. The summed E-state index contributed by atoms with van der Waals surface area (Å²) in [4.78, 5) is 16.3. The van der Waals surface area contributed by atoms with Crippen LogP contribution in [0.25, 0.3) is 0 Å². The van der Waals surface area contributed by atoms with E-state index in [1.54, 1.807) is 6.92 Å². The van der Waals surface area contributed by atoms with Crippen LogP contribution < -0.4 is 0 Å². The lowest BCUT2D eigenvalue weighted by Crippen LogP contribution is -2.74. The van der Waals surface area contributed by atoms with Crippen LogP contribution in [-0.4, -0.2) is 46.9 Å². The van der Waals surface area contributed by atoms with Crippen molar-refractivity contribution >= 4 is 5.91 Å². The Bertz CT molecular complexity index is 290. The molecule has 2 aliphatic heterocycles. The molecule has 2 saturated heterocycles. The number of carbonyl (C=O) groups excluding carboxylic acids is 1. The van der Waals surface area contributed by atoms with Crippen LogP contribution in [0.3, 0.4) is 0 Å². The minimum Gasteiger partial charge on any atom is -0.334 e. The molecule has 2 heterocycles. The Kier molecular flexibility index (Phi) is 2.99. The molecule has 92 valence electrons. The predicted molar refractivity (Wildman–Crippen MR) is 65.2 cm³/mol. The molecule has 2 atom stereocenters. The number of hydrogen-bond acceptors (Lipinski definition) is 2. The Labute approximate surface area is 98.8 Å². The van der Waals surface area contributed by atoms with Crippen molar-refractivity contribution < 1.29 is 4.79 Å². The van der Waals surface area contributed by atoms with Crippen LogP contribution >= 0.6 is 0 Å².